The van der Waals surface area contributed by atoms with Crippen molar-refractivity contribution in [2.45, 2.75) is 13.2 Å². The van der Waals surface area contributed by atoms with Gasteiger partial charge in [0.15, 0.2) is 11.5 Å². The lowest BCUT2D eigenvalue weighted by Crippen LogP contribution is -2.27. The van der Waals surface area contributed by atoms with E-state index in [9.17, 15) is 4.79 Å². The van der Waals surface area contributed by atoms with Crippen molar-refractivity contribution in [2.24, 2.45) is 0 Å². The Kier molecular flexibility index (Phi) is 7.44. The lowest BCUT2D eigenvalue weighted by molar-refractivity contribution is -0.122. The van der Waals surface area contributed by atoms with Gasteiger partial charge in [0, 0.05) is 0 Å². The van der Waals surface area contributed by atoms with Gasteiger partial charge in [-0.1, -0.05) is 78.6 Å². The monoisotopic (exact) mass is 527 g/mol. The molecule has 1 heterocycles. The van der Waals surface area contributed by atoms with Gasteiger partial charge < -0.3 is 14.2 Å². The van der Waals surface area contributed by atoms with Gasteiger partial charge in [0.2, 0.25) is 0 Å². The maximum atomic E-state index is 13.1. The van der Waals surface area contributed by atoms with Crippen LogP contribution in [0.3, 0.4) is 0 Å². The van der Waals surface area contributed by atoms with Crippen molar-refractivity contribution >= 4 is 51.1 Å². The fourth-order valence-corrected chi connectivity index (χ4v) is 5.34. The molecule has 0 atom stereocenters. The van der Waals surface area contributed by atoms with Crippen LogP contribution in [0, 0.1) is 0 Å². The zero-order valence-corrected chi connectivity index (χ0v) is 22.1. The third-order valence-electron chi connectivity index (χ3n) is 6.07. The van der Waals surface area contributed by atoms with E-state index in [0.717, 1.165) is 22.4 Å². The third-order valence-corrected chi connectivity index (χ3v) is 7.44. The van der Waals surface area contributed by atoms with Gasteiger partial charge in [0.1, 0.15) is 16.7 Å². The number of carbonyl (C=O) groups is 1. The van der Waals surface area contributed by atoms with Crippen LogP contribution in [0.25, 0.3) is 16.8 Å². The first-order valence-electron chi connectivity index (χ1n) is 11.7. The van der Waals surface area contributed by atoms with E-state index in [0.29, 0.717) is 33.9 Å². The molecule has 5 rings (SSSR count). The van der Waals surface area contributed by atoms with E-state index in [2.05, 4.69) is 30.3 Å². The molecule has 0 N–H and O–H groups in total. The van der Waals surface area contributed by atoms with Crippen molar-refractivity contribution in [3.8, 4) is 17.2 Å². The van der Waals surface area contributed by atoms with Crippen LogP contribution in [0.1, 0.15) is 16.7 Å². The summed E-state index contributed by atoms with van der Waals surface area (Å²) in [6.45, 7) is 0.835. The second-order valence-electron chi connectivity index (χ2n) is 8.50. The molecule has 0 unspecified atom stereocenters. The molecule has 1 saturated heterocycles. The van der Waals surface area contributed by atoms with Crippen LogP contribution in [0.2, 0.25) is 0 Å². The number of benzene rings is 4. The molecule has 1 aliphatic rings. The van der Waals surface area contributed by atoms with Crippen LogP contribution in [-0.4, -0.2) is 29.3 Å². The van der Waals surface area contributed by atoms with Gasteiger partial charge in [-0.05, 0) is 63.9 Å². The Bertz CT molecular complexity index is 1500. The highest BCUT2D eigenvalue weighted by Crippen LogP contribution is 2.36. The zero-order valence-electron chi connectivity index (χ0n) is 20.5. The molecule has 0 spiro atoms. The second-order valence-corrected chi connectivity index (χ2v) is 10.2. The smallest absolute Gasteiger partial charge is 0.266 e. The topological polar surface area (TPSA) is 48.0 Å². The number of nitrogens with zero attached hydrogens (tertiary/aromatic N) is 1. The van der Waals surface area contributed by atoms with E-state index in [-0.39, 0.29) is 5.91 Å². The van der Waals surface area contributed by atoms with E-state index in [4.69, 9.17) is 26.4 Å². The summed E-state index contributed by atoms with van der Waals surface area (Å²) in [6, 6.07) is 27.8. The number of hydrogen-bond acceptors (Lipinski definition) is 6. The number of hydrogen-bond donors (Lipinski definition) is 0. The summed E-state index contributed by atoms with van der Waals surface area (Å²) in [4.78, 5) is 15.3. The molecule has 1 aliphatic heterocycles. The van der Waals surface area contributed by atoms with Gasteiger partial charge in [-0.2, -0.15) is 0 Å². The molecule has 5 nitrogen and oxygen atoms in total. The molecule has 0 aromatic heterocycles. The Morgan fingerprint density at radius 1 is 0.838 bits per heavy atom. The fraction of sp³-hybridized carbons (Fsp3) is 0.133. The molecule has 0 bridgehead atoms. The number of ether oxygens (including phenoxy) is 3. The number of fused-ring (bicyclic) bond motifs is 1. The van der Waals surface area contributed by atoms with Crippen molar-refractivity contribution in [3.63, 3.8) is 0 Å². The highest BCUT2D eigenvalue weighted by molar-refractivity contribution is 8.26. The number of methoxy groups -OCH3 is 2. The molecule has 4 aromatic rings. The van der Waals surface area contributed by atoms with Crippen molar-refractivity contribution < 1.29 is 19.0 Å². The van der Waals surface area contributed by atoms with Crippen LogP contribution >= 0.6 is 24.0 Å². The van der Waals surface area contributed by atoms with Gasteiger partial charge in [-0.15, -0.1) is 0 Å². The normalized spacial score (nSPS) is 14.4. The van der Waals surface area contributed by atoms with Crippen LogP contribution in [0.5, 0.6) is 17.2 Å². The Labute approximate surface area is 225 Å². The molecule has 1 amide bonds. The number of thiocarbonyl (C=S) groups is 1. The van der Waals surface area contributed by atoms with Crippen molar-refractivity contribution in [1.82, 2.24) is 4.90 Å². The Hall–Kier alpha value is -3.81. The third kappa shape index (κ3) is 5.63. The van der Waals surface area contributed by atoms with E-state index in [1.807, 2.05) is 60.7 Å². The summed E-state index contributed by atoms with van der Waals surface area (Å²) in [5.74, 6) is 1.90. The average Bonchev–Trinajstić information content (AvgIpc) is 3.19. The van der Waals surface area contributed by atoms with Crippen LogP contribution in [0.15, 0.2) is 89.8 Å². The summed E-state index contributed by atoms with van der Waals surface area (Å²) < 4.78 is 17.4. The molecule has 0 radical (unpaired) electrons. The summed E-state index contributed by atoms with van der Waals surface area (Å²) in [5.41, 5.74) is 2.89. The largest absolute Gasteiger partial charge is 0.497 e. The maximum Gasteiger partial charge on any atom is 0.266 e. The minimum Gasteiger partial charge on any atom is -0.497 e. The molecule has 4 aromatic carbocycles. The predicted octanol–water partition coefficient (Wildman–Crippen LogP) is 6.84. The van der Waals surface area contributed by atoms with Crippen molar-refractivity contribution in [3.05, 3.63) is 107 Å². The van der Waals surface area contributed by atoms with Gasteiger partial charge in [0.05, 0.1) is 25.7 Å². The predicted molar refractivity (Wildman–Crippen MR) is 153 cm³/mol. The van der Waals surface area contributed by atoms with Crippen LogP contribution < -0.4 is 14.2 Å². The minimum absolute atomic E-state index is 0.110. The Morgan fingerprint density at radius 2 is 1.59 bits per heavy atom. The average molecular weight is 528 g/mol. The van der Waals surface area contributed by atoms with E-state index in [1.54, 1.807) is 19.1 Å². The van der Waals surface area contributed by atoms with Gasteiger partial charge >= 0.3 is 0 Å². The van der Waals surface area contributed by atoms with Crippen molar-refractivity contribution in [2.75, 3.05) is 14.2 Å². The lowest BCUT2D eigenvalue weighted by atomic mass is 10.1. The molecule has 1 fully saturated rings. The molecule has 0 aliphatic carbocycles. The highest BCUT2D eigenvalue weighted by atomic mass is 32.2. The van der Waals surface area contributed by atoms with Gasteiger partial charge in [0.25, 0.3) is 5.91 Å². The van der Waals surface area contributed by atoms with Gasteiger partial charge in [-0.25, -0.2) is 0 Å². The first kappa shape index (κ1) is 24.9. The zero-order chi connectivity index (χ0) is 25.8. The van der Waals surface area contributed by atoms with Crippen LogP contribution in [0.4, 0.5) is 0 Å². The van der Waals surface area contributed by atoms with E-state index >= 15 is 0 Å². The summed E-state index contributed by atoms with van der Waals surface area (Å²) in [7, 11) is 3.23. The number of thioether (sulfide) groups is 1. The lowest BCUT2D eigenvalue weighted by Gasteiger charge is -2.14. The quantitative estimate of drug-likeness (QED) is 0.185. The van der Waals surface area contributed by atoms with Crippen molar-refractivity contribution in [1.29, 1.82) is 0 Å². The molecular formula is C30H25NO4S2. The fourth-order valence-electron chi connectivity index (χ4n) is 4.08. The first-order valence-corrected chi connectivity index (χ1v) is 12.9. The maximum absolute atomic E-state index is 13.1. The first-order chi connectivity index (χ1) is 18.0. The SMILES string of the molecule is COc1ccc(CN2C(=O)/C(=C/c3ccc(OCc4ccc5ccccc5c4)c(OC)c3)SC2=S)cc1. The molecule has 7 heteroatoms. The summed E-state index contributed by atoms with van der Waals surface area (Å²) >= 11 is 6.80. The number of carbonyl (C=O) groups excluding carboxylic acids is 1. The Morgan fingerprint density at radius 3 is 2.35 bits per heavy atom. The molecule has 0 saturated carbocycles. The second kappa shape index (κ2) is 11.1. The summed E-state index contributed by atoms with van der Waals surface area (Å²) in [6.07, 6.45) is 1.84. The number of amides is 1. The standard InChI is InChI=1S/C30H25NO4S2/c1-33-25-12-8-20(9-13-25)18-31-29(32)28(37-30(31)36)17-21-10-14-26(27(16-21)34-2)35-19-22-7-11-23-5-3-4-6-24(23)15-22/h3-17H,18-19H2,1-2H3/b28-17-. The van der Waals surface area contributed by atoms with Crippen LogP contribution in [-0.2, 0) is 17.9 Å². The molecular weight excluding hydrogens is 502 g/mol. The van der Waals surface area contributed by atoms with Gasteiger partial charge in [-0.3, -0.25) is 9.69 Å². The Balaban J connectivity index is 1.28. The highest BCUT2D eigenvalue weighted by Gasteiger charge is 2.32. The number of rotatable bonds is 8. The summed E-state index contributed by atoms with van der Waals surface area (Å²) in [5, 5.41) is 2.37. The molecule has 186 valence electrons. The molecule has 37 heavy (non-hydrogen) atoms. The minimum atomic E-state index is -0.110. The van der Waals surface area contributed by atoms with E-state index in [1.165, 1.54) is 22.5 Å². The van der Waals surface area contributed by atoms with E-state index < -0.39 is 0 Å².